The van der Waals surface area contributed by atoms with Crippen LogP contribution in [-0.4, -0.2) is 220 Å². The summed E-state index contributed by atoms with van der Waals surface area (Å²) in [7, 11) is 0. The second-order valence-electron chi connectivity index (χ2n) is 23.0. The van der Waals surface area contributed by atoms with Crippen LogP contribution in [0.4, 0.5) is 0 Å². The van der Waals surface area contributed by atoms with Gasteiger partial charge in [-0.15, -0.1) is 0 Å². The maximum absolute atomic E-state index is 14.2. The van der Waals surface area contributed by atoms with E-state index in [9.17, 15) is 24.0 Å². The molecule has 0 aliphatic rings. The summed E-state index contributed by atoms with van der Waals surface area (Å²) in [5.41, 5.74) is 12.3. The van der Waals surface area contributed by atoms with Gasteiger partial charge in [0, 0.05) is 51.7 Å². The Morgan fingerprint density at radius 1 is 0.323 bits per heavy atom. The van der Waals surface area contributed by atoms with Crippen LogP contribution in [0.3, 0.4) is 0 Å². The summed E-state index contributed by atoms with van der Waals surface area (Å²) >= 11 is 0. The first-order valence-corrected chi connectivity index (χ1v) is 33.5. The molecule has 96 heavy (non-hydrogen) atoms. The van der Waals surface area contributed by atoms with E-state index < -0.39 is 18.0 Å². The molecule has 0 aliphatic heterocycles. The van der Waals surface area contributed by atoms with Gasteiger partial charge in [0.05, 0.1) is 159 Å². The molecule has 8 aromatic carbocycles. The van der Waals surface area contributed by atoms with Crippen molar-refractivity contribution in [3.8, 4) is 0 Å². The Bertz CT molecular complexity index is 3560. The average molecular weight is 1330 g/mol. The summed E-state index contributed by atoms with van der Waals surface area (Å²) in [5.74, 6) is -1.72. The second-order valence-corrected chi connectivity index (χ2v) is 23.0. The van der Waals surface area contributed by atoms with Gasteiger partial charge in [-0.25, -0.2) is 0 Å². The summed E-state index contributed by atoms with van der Waals surface area (Å²) in [6.07, 6.45) is 1.70. The molecule has 0 saturated carbocycles. The lowest BCUT2D eigenvalue weighted by molar-refractivity contribution is -0.129. The molecule has 23 nitrogen and oxygen atoms in total. The zero-order valence-corrected chi connectivity index (χ0v) is 55.2. The van der Waals surface area contributed by atoms with Crippen molar-refractivity contribution in [1.29, 1.82) is 0 Å². The molecule has 0 fully saturated rings. The fourth-order valence-electron chi connectivity index (χ4n) is 11.3. The van der Waals surface area contributed by atoms with Crippen LogP contribution in [0.5, 0.6) is 0 Å². The van der Waals surface area contributed by atoms with Crippen molar-refractivity contribution in [3.05, 3.63) is 120 Å². The molecular weight excluding hydrogens is 1230 g/mol. The topological polar surface area (TPSA) is 296 Å². The quantitative estimate of drug-likeness (QED) is 0.0186. The minimum absolute atomic E-state index is 0.0319. The summed E-state index contributed by atoms with van der Waals surface area (Å²) in [6, 6.07) is 35.7. The molecule has 0 saturated heterocycles. The van der Waals surface area contributed by atoms with Gasteiger partial charge in [0.25, 0.3) is 0 Å². The number of hydrogen-bond donors (Lipinski definition) is 6. The van der Waals surface area contributed by atoms with Crippen LogP contribution in [0.15, 0.2) is 109 Å². The van der Waals surface area contributed by atoms with Crippen LogP contribution >= 0.6 is 0 Å². The zero-order valence-electron chi connectivity index (χ0n) is 55.2. The van der Waals surface area contributed by atoms with Crippen molar-refractivity contribution in [2.75, 3.05) is 178 Å². The van der Waals surface area contributed by atoms with Gasteiger partial charge >= 0.3 is 0 Å². The van der Waals surface area contributed by atoms with Crippen LogP contribution in [-0.2, 0) is 93.7 Å². The predicted octanol–water partition coefficient (Wildman–Crippen LogP) is 6.06. The minimum atomic E-state index is -0.909. The van der Waals surface area contributed by atoms with E-state index in [0.29, 0.717) is 152 Å². The first-order valence-electron chi connectivity index (χ1n) is 33.5. The molecular formula is C73H96N6O17. The molecule has 2 atom stereocenters. The molecule has 0 bridgehead atoms. The molecule has 0 heterocycles. The number of primary amides is 1. The standard InChI is InChI=1S/C73H96N6O17/c74-24-29-87-33-37-91-41-45-95-49-47-94-44-40-90-36-32-86-28-23-67(82)79-63(51-59-16-14-57-12-10-53-5-3-7-55-18-20-61(59)70(57)68(53)55)72(83)76-25-2-1-9-66(81)78-64(52-60-17-15-58-13-11-54-6-4-8-56-19-21-62(60)71(58)69(54)56)73(84)77-26-30-88-34-38-92-42-46-96-50-48-93-43-39-89-35-31-85-27-22-65(75)80/h3-8,10-21,63-64H,1-2,9,22-52,74H2,(H2,75,80)(H,76,83)(H,77,84)(H,78,81)(H,79,82)/t63-,64+/m0/s1. The van der Waals surface area contributed by atoms with Gasteiger partial charge in [-0.3, -0.25) is 24.0 Å². The van der Waals surface area contributed by atoms with Gasteiger partial charge in [-0.05, 0) is 88.6 Å². The largest absolute Gasteiger partial charge is 0.379 e. The Morgan fingerprint density at radius 2 is 0.635 bits per heavy atom. The smallest absolute Gasteiger partial charge is 0.243 e. The zero-order chi connectivity index (χ0) is 67.2. The van der Waals surface area contributed by atoms with Gasteiger partial charge in [-0.1, -0.05) is 109 Å². The van der Waals surface area contributed by atoms with Crippen LogP contribution in [0.2, 0.25) is 0 Å². The fraction of sp³-hybridized carbons (Fsp3) is 0.493. The number of nitrogens with one attached hydrogen (secondary N) is 4. The highest BCUT2D eigenvalue weighted by atomic mass is 16.6. The van der Waals surface area contributed by atoms with Crippen LogP contribution in [0.1, 0.15) is 43.2 Å². The van der Waals surface area contributed by atoms with Gasteiger partial charge in [0.1, 0.15) is 12.1 Å². The maximum atomic E-state index is 14.2. The number of ether oxygens (including phenoxy) is 12. The van der Waals surface area contributed by atoms with E-state index in [4.69, 9.17) is 68.3 Å². The summed E-state index contributed by atoms with van der Waals surface area (Å²) in [4.78, 5) is 66.5. The van der Waals surface area contributed by atoms with Crippen molar-refractivity contribution < 1.29 is 80.8 Å². The third-order valence-electron chi connectivity index (χ3n) is 16.0. The van der Waals surface area contributed by atoms with E-state index in [-0.39, 0.29) is 95.2 Å². The molecule has 23 heteroatoms. The van der Waals surface area contributed by atoms with E-state index in [2.05, 4.69) is 106 Å². The van der Waals surface area contributed by atoms with Crippen molar-refractivity contribution in [2.24, 2.45) is 11.5 Å². The monoisotopic (exact) mass is 1330 g/mol. The number of carbonyl (C=O) groups is 5. The molecule has 0 spiro atoms. The van der Waals surface area contributed by atoms with E-state index >= 15 is 0 Å². The van der Waals surface area contributed by atoms with Gasteiger partial charge in [-0.2, -0.15) is 0 Å². The second kappa shape index (κ2) is 43.1. The maximum Gasteiger partial charge on any atom is 0.243 e. The van der Waals surface area contributed by atoms with E-state index in [1.807, 2.05) is 24.3 Å². The average Bonchev–Trinajstić information content (AvgIpc) is 0.752. The van der Waals surface area contributed by atoms with Gasteiger partial charge in [0.2, 0.25) is 29.5 Å². The molecule has 8 N–H and O–H groups in total. The molecule has 0 radical (unpaired) electrons. The molecule has 520 valence electrons. The highest BCUT2D eigenvalue weighted by molar-refractivity contribution is 6.24. The lowest BCUT2D eigenvalue weighted by atomic mass is 9.90. The number of rotatable bonds is 54. The lowest BCUT2D eigenvalue weighted by Gasteiger charge is -2.21. The predicted molar refractivity (Wildman–Crippen MR) is 369 cm³/mol. The molecule has 8 aromatic rings. The van der Waals surface area contributed by atoms with Crippen LogP contribution in [0.25, 0.3) is 64.6 Å². The number of unbranched alkanes of at least 4 members (excludes halogenated alkanes) is 1. The van der Waals surface area contributed by atoms with Crippen LogP contribution < -0.4 is 32.7 Å². The number of nitrogens with two attached hydrogens (primary N) is 2. The highest BCUT2D eigenvalue weighted by Crippen LogP contribution is 2.38. The highest BCUT2D eigenvalue weighted by Gasteiger charge is 2.25. The van der Waals surface area contributed by atoms with Crippen molar-refractivity contribution in [2.45, 2.75) is 57.0 Å². The minimum Gasteiger partial charge on any atom is -0.379 e. The number of carbonyl (C=O) groups excluding carboxylic acids is 5. The summed E-state index contributed by atoms with van der Waals surface area (Å²) < 4.78 is 66.3. The Balaban J connectivity index is 0.770. The number of hydrogen-bond acceptors (Lipinski definition) is 18. The fourth-order valence-corrected chi connectivity index (χ4v) is 11.3. The van der Waals surface area contributed by atoms with E-state index in [0.717, 1.165) is 75.8 Å². The molecule has 0 aromatic heterocycles. The summed E-state index contributed by atoms with van der Waals surface area (Å²) in [5, 5.41) is 25.3. The Kier molecular flexibility index (Phi) is 33.4. The molecule has 8 rings (SSSR count). The van der Waals surface area contributed by atoms with Gasteiger partial charge in [0.15, 0.2) is 0 Å². The Hall–Kier alpha value is -7.33. The number of amides is 5. The normalized spacial score (nSPS) is 12.4. The Labute approximate surface area is 561 Å². The number of benzene rings is 8. The molecule has 5 amide bonds. The lowest BCUT2D eigenvalue weighted by Crippen LogP contribution is -2.49. The van der Waals surface area contributed by atoms with E-state index in [1.54, 1.807) is 0 Å². The van der Waals surface area contributed by atoms with Crippen molar-refractivity contribution in [1.82, 2.24) is 21.3 Å². The SMILES string of the molecule is NCCOCCOCCOCCOCCOCCOCCC(=O)N[C@@H](Cc1ccc2ccc3cccc4ccc1c2c34)C(=O)NCCCCC(=O)N[C@H](Cc1ccc2ccc3cccc4ccc1c2c34)C(=O)NCCOCCOCCOCCOCCOCCOCCC(N)=O. The first kappa shape index (κ1) is 74.5. The molecule has 0 aliphatic carbocycles. The van der Waals surface area contributed by atoms with Crippen molar-refractivity contribution in [3.63, 3.8) is 0 Å². The first-order chi connectivity index (χ1) is 47.2. The van der Waals surface area contributed by atoms with Crippen molar-refractivity contribution >= 4 is 94.2 Å². The van der Waals surface area contributed by atoms with Gasteiger partial charge < -0.3 is 89.6 Å². The third kappa shape index (κ3) is 25.0. The molecule has 0 unspecified atom stereocenters. The van der Waals surface area contributed by atoms with E-state index in [1.165, 1.54) is 0 Å². The third-order valence-corrected chi connectivity index (χ3v) is 16.0. The summed E-state index contributed by atoms with van der Waals surface area (Å²) in [6.45, 7) is 10.1. The van der Waals surface area contributed by atoms with Crippen LogP contribution in [0, 0.1) is 0 Å². The Morgan fingerprint density at radius 3 is 1.02 bits per heavy atom.